The van der Waals surface area contributed by atoms with Crippen molar-refractivity contribution < 1.29 is 22.6 Å². The number of hydrogen-bond donors (Lipinski definition) is 1. The van der Waals surface area contributed by atoms with E-state index in [4.69, 9.17) is 10.5 Å². The molecule has 1 aromatic heterocycles. The molecule has 0 aliphatic heterocycles. The number of ether oxygens (including phenoxy) is 2. The Hall–Kier alpha value is -1.28. The molecule has 19 heavy (non-hydrogen) atoms. The van der Waals surface area contributed by atoms with Crippen molar-refractivity contribution in [2.45, 2.75) is 32.1 Å². The first-order valence-electron chi connectivity index (χ1n) is 5.88. The molecule has 8 heteroatoms. The summed E-state index contributed by atoms with van der Waals surface area (Å²) in [5, 5.41) is 4.08. The number of halogens is 3. The van der Waals surface area contributed by atoms with Gasteiger partial charge in [-0.05, 0) is 13.3 Å². The SMILES string of the molecule is CCn1ncc(OC)c1C(N)CCOCC(F)(F)F. The van der Waals surface area contributed by atoms with Gasteiger partial charge in [0.1, 0.15) is 6.61 Å². The molecule has 1 heterocycles. The minimum atomic E-state index is -4.31. The van der Waals surface area contributed by atoms with Crippen LogP contribution in [0.15, 0.2) is 6.20 Å². The summed E-state index contributed by atoms with van der Waals surface area (Å²) >= 11 is 0. The number of methoxy groups -OCH3 is 1. The Bertz CT molecular complexity index is 372. The molecule has 1 atom stereocenters. The van der Waals surface area contributed by atoms with Crippen LogP contribution < -0.4 is 10.5 Å². The largest absolute Gasteiger partial charge is 0.493 e. The topological polar surface area (TPSA) is 62.3 Å². The summed E-state index contributed by atoms with van der Waals surface area (Å²) in [4.78, 5) is 0. The molecule has 1 unspecified atom stereocenters. The van der Waals surface area contributed by atoms with Crippen LogP contribution in [-0.2, 0) is 11.3 Å². The molecule has 2 N–H and O–H groups in total. The van der Waals surface area contributed by atoms with Crippen molar-refractivity contribution in [1.29, 1.82) is 0 Å². The average Bonchev–Trinajstić information content (AvgIpc) is 2.76. The van der Waals surface area contributed by atoms with Crippen LogP contribution >= 0.6 is 0 Å². The van der Waals surface area contributed by atoms with Crippen LogP contribution in [0.2, 0.25) is 0 Å². The van der Waals surface area contributed by atoms with E-state index in [2.05, 4.69) is 9.84 Å². The van der Waals surface area contributed by atoms with Gasteiger partial charge in [-0.3, -0.25) is 4.68 Å². The highest BCUT2D eigenvalue weighted by Gasteiger charge is 2.27. The Morgan fingerprint density at radius 2 is 2.16 bits per heavy atom. The molecule has 0 bridgehead atoms. The molecule has 1 aromatic rings. The summed E-state index contributed by atoms with van der Waals surface area (Å²) in [6.07, 6.45) is -2.51. The smallest absolute Gasteiger partial charge is 0.411 e. The molecule has 0 saturated carbocycles. The fraction of sp³-hybridized carbons (Fsp3) is 0.727. The van der Waals surface area contributed by atoms with Crippen LogP contribution in [0.4, 0.5) is 13.2 Å². The highest BCUT2D eigenvalue weighted by molar-refractivity contribution is 5.28. The van der Waals surface area contributed by atoms with E-state index >= 15 is 0 Å². The molecule has 5 nitrogen and oxygen atoms in total. The van der Waals surface area contributed by atoms with Gasteiger partial charge >= 0.3 is 6.18 Å². The molecule has 0 spiro atoms. The van der Waals surface area contributed by atoms with Gasteiger partial charge in [-0.2, -0.15) is 18.3 Å². The standard InChI is InChI=1S/C11H18F3N3O2/c1-3-17-10(9(18-2)6-16-17)8(15)4-5-19-7-11(12,13)14/h6,8H,3-5,7,15H2,1-2H3. The lowest BCUT2D eigenvalue weighted by Gasteiger charge is -2.15. The van der Waals surface area contributed by atoms with Gasteiger partial charge in [0.25, 0.3) is 0 Å². The van der Waals surface area contributed by atoms with Gasteiger partial charge in [0.2, 0.25) is 0 Å². The van der Waals surface area contributed by atoms with Gasteiger partial charge in [-0.1, -0.05) is 0 Å². The molecular formula is C11H18F3N3O2. The maximum absolute atomic E-state index is 11.9. The third-order valence-electron chi connectivity index (χ3n) is 2.55. The third kappa shape index (κ3) is 4.71. The molecule has 0 aromatic carbocycles. The first-order chi connectivity index (χ1) is 8.89. The molecule has 110 valence electrons. The number of alkyl halides is 3. The zero-order valence-electron chi connectivity index (χ0n) is 10.9. The normalized spacial score (nSPS) is 13.6. The van der Waals surface area contributed by atoms with Gasteiger partial charge < -0.3 is 15.2 Å². The molecule has 0 saturated heterocycles. The maximum Gasteiger partial charge on any atom is 0.411 e. The Balaban J connectivity index is 2.53. The first kappa shape index (κ1) is 15.8. The van der Waals surface area contributed by atoms with Gasteiger partial charge in [-0.25, -0.2) is 0 Å². The lowest BCUT2D eigenvalue weighted by atomic mass is 10.1. The fourth-order valence-corrected chi connectivity index (χ4v) is 1.70. The van der Waals surface area contributed by atoms with Crippen LogP contribution in [0.5, 0.6) is 5.75 Å². The number of hydrogen-bond acceptors (Lipinski definition) is 4. The molecule has 0 radical (unpaired) electrons. The fourth-order valence-electron chi connectivity index (χ4n) is 1.70. The average molecular weight is 281 g/mol. The minimum Gasteiger partial charge on any atom is -0.493 e. The van der Waals surface area contributed by atoms with E-state index in [-0.39, 0.29) is 13.0 Å². The Morgan fingerprint density at radius 3 is 2.68 bits per heavy atom. The molecule has 1 rings (SSSR count). The molecule has 0 fully saturated rings. The minimum absolute atomic E-state index is 0.0707. The monoisotopic (exact) mass is 281 g/mol. The van der Waals surface area contributed by atoms with Crippen molar-refractivity contribution in [3.05, 3.63) is 11.9 Å². The van der Waals surface area contributed by atoms with Crippen LogP contribution in [0.3, 0.4) is 0 Å². The van der Waals surface area contributed by atoms with Gasteiger partial charge in [0.15, 0.2) is 5.75 Å². The Labute approximate surface area is 109 Å². The Kier molecular flexibility index (Phi) is 5.61. The van der Waals surface area contributed by atoms with Crippen molar-refractivity contribution in [3.8, 4) is 5.75 Å². The quantitative estimate of drug-likeness (QED) is 0.775. The number of aromatic nitrogens is 2. The van der Waals surface area contributed by atoms with Crippen molar-refractivity contribution in [1.82, 2.24) is 9.78 Å². The van der Waals surface area contributed by atoms with Crippen molar-refractivity contribution in [2.24, 2.45) is 5.73 Å². The molecular weight excluding hydrogens is 263 g/mol. The van der Waals surface area contributed by atoms with Gasteiger partial charge in [0, 0.05) is 13.2 Å². The second-order valence-corrected chi connectivity index (χ2v) is 3.98. The number of rotatable bonds is 7. The summed E-state index contributed by atoms with van der Waals surface area (Å²) in [7, 11) is 1.49. The predicted octanol–water partition coefficient (Wildman–Crippen LogP) is 1.88. The van der Waals surface area contributed by atoms with Crippen LogP contribution in [0.25, 0.3) is 0 Å². The highest BCUT2D eigenvalue weighted by atomic mass is 19.4. The lowest BCUT2D eigenvalue weighted by molar-refractivity contribution is -0.174. The second-order valence-electron chi connectivity index (χ2n) is 3.98. The summed E-state index contributed by atoms with van der Waals surface area (Å²) in [6, 6.07) is -0.481. The van der Waals surface area contributed by atoms with Crippen LogP contribution in [0.1, 0.15) is 25.1 Å². The van der Waals surface area contributed by atoms with Crippen molar-refractivity contribution in [3.63, 3.8) is 0 Å². The summed E-state index contributed by atoms with van der Waals surface area (Å²) < 4.78 is 47.0. The van der Waals surface area contributed by atoms with Crippen molar-refractivity contribution in [2.75, 3.05) is 20.3 Å². The molecule has 0 aliphatic rings. The van der Waals surface area contributed by atoms with E-state index in [0.717, 1.165) is 0 Å². The number of aryl methyl sites for hydroxylation is 1. The second kappa shape index (κ2) is 6.76. The summed E-state index contributed by atoms with van der Waals surface area (Å²) in [6.45, 7) is 1.17. The van der Waals surface area contributed by atoms with Gasteiger partial charge in [0.05, 0.1) is 25.0 Å². The summed E-state index contributed by atoms with van der Waals surface area (Å²) in [5.41, 5.74) is 6.61. The number of nitrogens with zero attached hydrogens (tertiary/aromatic N) is 2. The lowest BCUT2D eigenvalue weighted by Crippen LogP contribution is -2.21. The van der Waals surface area contributed by atoms with Crippen molar-refractivity contribution >= 4 is 0 Å². The highest BCUT2D eigenvalue weighted by Crippen LogP contribution is 2.25. The van der Waals surface area contributed by atoms with Crippen LogP contribution in [0, 0.1) is 0 Å². The zero-order valence-corrected chi connectivity index (χ0v) is 10.9. The zero-order chi connectivity index (χ0) is 14.5. The van der Waals surface area contributed by atoms with E-state index in [1.807, 2.05) is 6.92 Å². The molecule has 0 amide bonds. The predicted molar refractivity (Wildman–Crippen MR) is 62.9 cm³/mol. The van der Waals surface area contributed by atoms with E-state index in [0.29, 0.717) is 18.0 Å². The van der Waals surface area contributed by atoms with E-state index in [9.17, 15) is 13.2 Å². The van der Waals surface area contributed by atoms with E-state index in [1.165, 1.54) is 13.3 Å². The number of nitrogens with two attached hydrogens (primary N) is 1. The molecule has 0 aliphatic carbocycles. The first-order valence-corrected chi connectivity index (χ1v) is 5.88. The van der Waals surface area contributed by atoms with E-state index < -0.39 is 18.8 Å². The van der Waals surface area contributed by atoms with E-state index in [1.54, 1.807) is 4.68 Å². The van der Waals surface area contributed by atoms with Crippen LogP contribution in [-0.4, -0.2) is 36.3 Å². The Morgan fingerprint density at radius 1 is 1.47 bits per heavy atom. The third-order valence-corrected chi connectivity index (χ3v) is 2.55. The maximum atomic E-state index is 11.9. The van der Waals surface area contributed by atoms with Gasteiger partial charge in [-0.15, -0.1) is 0 Å². The summed E-state index contributed by atoms with van der Waals surface area (Å²) in [5.74, 6) is 0.533.